The van der Waals surface area contributed by atoms with E-state index in [4.69, 9.17) is 14.9 Å². The summed E-state index contributed by atoms with van der Waals surface area (Å²) in [6.07, 6.45) is 3.81. The Hall–Kier alpha value is -1.62. The fourth-order valence-corrected chi connectivity index (χ4v) is 1.78. The number of carboxylic acid groups (broad SMARTS) is 2. The lowest BCUT2D eigenvalue weighted by Crippen LogP contribution is -2.18. The molecular formula is C11H12O5. The minimum atomic E-state index is -1.00. The first kappa shape index (κ1) is 10.9. The number of epoxide rings is 1. The van der Waals surface area contributed by atoms with Crippen LogP contribution in [0, 0.1) is 5.92 Å². The molecule has 0 saturated carbocycles. The molecule has 0 aromatic carbocycles. The number of rotatable bonds is 4. The van der Waals surface area contributed by atoms with Crippen molar-refractivity contribution in [1.82, 2.24) is 0 Å². The van der Waals surface area contributed by atoms with Crippen LogP contribution in [0.1, 0.15) is 12.8 Å². The molecule has 1 saturated heterocycles. The van der Waals surface area contributed by atoms with Crippen LogP contribution in [0.3, 0.4) is 0 Å². The highest BCUT2D eigenvalue weighted by Crippen LogP contribution is 2.30. The maximum atomic E-state index is 10.9. The number of hydrogen-bond donors (Lipinski definition) is 2. The van der Waals surface area contributed by atoms with Crippen LogP contribution in [-0.2, 0) is 14.3 Å². The highest BCUT2D eigenvalue weighted by molar-refractivity contribution is 5.93. The molecule has 5 heteroatoms. The fourth-order valence-electron chi connectivity index (χ4n) is 1.78. The summed E-state index contributed by atoms with van der Waals surface area (Å²) in [4.78, 5) is 21.8. The van der Waals surface area contributed by atoms with Gasteiger partial charge in [0.2, 0.25) is 0 Å². The Bertz CT molecular complexity index is 389. The highest BCUT2D eigenvalue weighted by Gasteiger charge is 2.30. The molecule has 16 heavy (non-hydrogen) atoms. The summed E-state index contributed by atoms with van der Waals surface area (Å²) < 4.78 is 5.03. The van der Waals surface area contributed by atoms with Gasteiger partial charge in [0.05, 0.1) is 24.2 Å². The smallest absolute Gasteiger partial charge is 0.335 e. The summed E-state index contributed by atoms with van der Waals surface area (Å²) in [7, 11) is 0. The Balaban J connectivity index is 2.18. The van der Waals surface area contributed by atoms with E-state index >= 15 is 0 Å². The minimum Gasteiger partial charge on any atom is -0.481 e. The molecule has 1 aliphatic carbocycles. The number of carbonyl (C=O) groups is 2. The summed E-state index contributed by atoms with van der Waals surface area (Å²) in [6.45, 7) is 0.627. The first-order valence-corrected chi connectivity index (χ1v) is 5.07. The standard InChI is InChI=1S/C11H12O5/c12-10(13)6-1-2-9(11(14)15)7(3-6)4-8-5-16-8/h2-3,6,8H,1,4-5H2,(H,12,13)(H,14,15). The van der Waals surface area contributed by atoms with E-state index in [9.17, 15) is 9.59 Å². The van der Waals surface area contributed by atoms with Crippen LogP contribution in [-0.4, -0.2) is 34.9 Å². The van der Waals surface area contributed by atoms with E-state index in [1.54, 1.807) is 0 Å². The first-order chi connectivity index (χ1) is 7.58. The predicted octanol–water partition coefficient (Wildman–Crippen LogP) is 0.817. The van der Waals surface area contributed by atoms with Crippen molar-refractivity contribution in [1.29, 1.82) is 0 Å². The van der Waals surface area contributed by atoms with Gasteiger partial charge in [-0.2, -0.15) is 0 Å². The molecule has 0 spiro atoms. The summed E-state index contributed by atoms with van der Waals surface area (Å²) in [6, 6.07) is 0. The Morgan fingerprint density at radius 2 is 2.12 bits per heavy atom. The monoisotopic (exact) mass is 224 g/mol. The summed E-state index contributed by atoms with van der Waals surface area (Å²) >= 11 is 0. The molecule has 0 bridgehead atoms. The van der Waals surface area contributed by atoms with E-state index < -0.39 is 17.9 Å². The van der Waals surface area contributed by atoms with Gasteiger partial charge < -0.3 is 14.9 Å². The van der Waals surface area contributed by atoms with Crippen LogP contribution in [0.2, 0.25) is 0 Å². The van der Waals surface area contributed by atoms with E-state index in [0.717, 1.165) is 0 Å². The predicted molar refractivity (Wildman–Crippen MR) is 53.9 cm³/mol. The van der Waals surface area contributed by atoms with Gasteiger partial charge in [0.25, 0.3) is 0 Å². The molecular weight excluding hydrogens is 212 g/mol. The lowest BCUT2D eigenvalue weighted by molar-refractivity contribution is -0.140. The molecule has 0 amide bonds. The number of hydrogen-bond acceptors (Lipinski definition) is 3. The molecule has 0 radical (unpaired) electrons. The molecule has 1 heterocycles. The van der Waals surface area contributed by atoms with Crippen molar-refractivity contribution < 1.29 is 24.5 Å². The van der Waals surface area contributed by atoms with E-state index in [1.165, 1.54) is 12.2 Å². The lowest BCUT2D eigenvalue weighted by atomic mass is 9.88. The van der Waals surface area contributed by atoms with Gasteiger partial charge in [-0.05, 0) is 12.0 Å². The van der Waals surface area contributed by atoms with Crippen LogP contribution in [0.5, 0.6) is 0 Å². The van der Waals surface area contributed by atoms with Gasteiger partial charge in [0.1, 0.15) is 0 Å². The normalized spacial score (nSPS) is 28.0. The molecule has 2 atom stereocenters. The zero-order chi connectivity index (χ0) is 11.7. The van der Waals surface area contributed by atoms with Crippen molar-refractivity contribution in [3.63, 3.8) is 0 Å². The van der Waals surface area contributed by atoms with Crippen LogP contribution in [0.4, 0.5) is 0 Å². The Morgan fingerprint density at radius 3 is 2.62 bits per heavy atom. The maximum Gasteiger partial charge on any atom is 0.335 e. The number of ether oxygens (including phenoxy) is 1. The number of carboxylic acids is 2. The van der Waals surface area contributed by atoms with Crippen molar-refractivity contribution in [2.75, 3.05) is 6.61 Å². The van der Waals surface area contributed by atoms with Crippen LogP contribution in [0.15, 0.2) is 23.3 Å². The second kappa shape index (κ2) is 4.09. The van der Waals surface area contributed by atoms with Gasteiger partial charge in [-0.15, -0.1) is 0 Å². The molecule has 1 fully saturated rings. The SMILES string of the molecule is O=C(O)C1=CCC(C(=O)O)C=C1CC1CO1. The van der Waals surface area contributed by atoms with E-state index in [2.05, 4.69) is 0 Å². The van der Waals surface area contributed by atoms with Crippen molar-refractivity contribution in [3.05, 3.63) is 23.3 Å². The zero-order valence-corrected chi connectivity index (χ0v) is 8.55. The Labute approximate surface area is 92.0 Å². The van der Waals surface area contributed by atoms with Gasteiger partial charge in [-0.1, -0.05) is 12.2 Å². The third-order valence-corrected chi connectivity index (χ3v) is 2.72. The van der Waals surface area contributed by atoms with E-state index in [-0.39, 0.29) is 18.1 Å². The number of aliphatic carboxylic acids is 2. The average molecular weight is 224 g/mol. The topological polar surface area (TPSA) is 87.1 Å². The largest absolute Gasteiger partial charge is 0.481 e. The molecule has 0 aromatic rings. The molecule has 2 unspecified atom stereocenters. The Kier molecular flexibility index (Phi) is 2.78. The van der Waals surface area contributed by atoms with Gasteiger partial charge in [0, 0.05) is 6.42 Å². The van der Waals surface area contributed by atoms with Crippen molar-refractivity contribution >= 4 is 11.9 Å². The average Bonchev–Trinajstić information content (AvgIpc) is 3.01. The van der Waals surface area contributed by atoms with E-state index in [1.807, 2.05) is 0 Å². The van der Waals surface area contributed by atoms with Gasteiger partial charge in [-0.3, -0.25) is 4.79 Å². The van der Waals surface area contributed by atoms with Crippen LogP contribution in [0.25, 0.3) is 0 Å². The molecule has 2 aliphatic rings. The maximum absolute atomic E-state index is 10.9. The van der Waals surface area contributed by atoms with Gasteiger partial charge in [0.15, 0.2) is 0 Å². The Morgan fingerprint density at radius 1 is 1.44 bits per heavy atom. The molecule has 2 rings (SSSR count). The summed E-state index contributed by atoms with van der Waals surface area (Å²) in [5, 5.41) is 17.8. The van der Waals surface area contributed by atoms with Gasteiger partial charge >= 0.3 is 11.9 Å². The summed E-state index contributed by atoms with van der Waals surface area (Å²) in [5.74, 6) is -2.54. The van der Waals surface area contributed by atoms with Crippen LogP contribution >= 0.6 is 0 Å². The molecule has 2 N–H and O–H groups in total. The van der Waals surface area contributed by atoms with Gasteiger partial charge in [-0.25, -0.2) is 4.79 Å². The van der Waals surface area contributed by atoms with Crippen LogP contribution < -0.4 is 0 Å². The first-order valence-electron chi connectivity index (χ1n) is 5.07. The quantitative estimate of drug-likeness (QED) is 0.690. The highest BCUT2D eigenvalue weighted by atomic mass is 16.6. The lowest BCUT2D eigenvalue weighted by Gasteiger charge is -2.16. The van der Waals surface area contributed by atoms with Crippen molar-refractivity contribution in [2.45, 2.75) is 18.9 Å². The molecule has 0 aromatic heterocycles. The zero-order valence-electron chi connectivity index (χ0n) is 8.55. The molecule has 5 nitrogen and oxygen atoms in total. The minimum absolute atomic E-state index is 0.0570. The second-order valence-electron chi connectivity index (χ2n) is 3.95. The fraction of sp³-hybridized carbons (Fsp3) is 0.455. The second-order valence-corrected chi connectivity index (χ2v) is 3.95. The molecule has 1 aliphatic heterocycles. The van der Waals surface area contributed by atoms with Crippen molar-refractivity contribution in [2.24, 2.45) is 5.92 Å². The third-order valence-electron chi connectivity index (χ3n) is 2.72. The third kappa shape index (κ3) is 2.30. The molecule has 86 valence electrons. The van der Waals surface area contributed by atoms with Crippen molar-refractivity contribution in [3.8, 4) is 0 Å². The number of allylic oxidation sites excluding steroid dienone is 1. The van der Waals surface area contributed by atoms with E-state index in [0.29, 0.717) is 18.6 Å². The summed E-state index contributed by atoms with van der Waals surface area (Å²) in [5.41, 5.74) is 0.793.